The maximum Gasteiger partial charge on any atom is 0.256 e. The highest BCUT2D eigenvalue weighted by Gasteiger charge is 2.17. The third kappa shape index (κ3) is 3.89. The predicted molar refractivity (Wildman–Crippen MR) is 94.0 cm³/mol. The van der Waals surface area contributed by atoms with Crippen LogP contribution in [0, 0.1) is 12.8 Å². The van der Waals surface area contributed by atoms with Crippen LogP contribution < -0.4 is 10.2 Å². The van der Waals surface area contributed by atoms with Crippen molar-refractivity contribution in [3.05, 3.63) is 53.7 Å². The largest absolute Gasteiger partial charge is 0.370 e. The van der Waals surface area contributed by atoms with Gasteiger partial charge >= 0.3 is 0 Å². The maximum atomic E-state index is 12.2. The molecule has 4 heteroatoms. The minimum absolute atomic E-state index is 0.128. The van der Waals surface area contributed by atoms with Gasteiger partial charge in [0.2, 0.25) is 0 Å². The molecular formula is C19H23N3O. The number of aromatic nitrogens is 1. The lowest BCUT2D eigenvalue weighted by Gasteiger charge is -2.32. The third-order valence-corrected chi connectivity index (χ3v) is 4.33. The van der Waals surface area contributed by atoms with Crippen LogP contribution in [0.5, 0.6) is 0 Å². The molecule has 2 heterocycles. The van der Waals surface area contributed by atoms with E-state index in [2.05, 4.69) is 22.1 Å². The quantitative estimate of drug-likeness (QED) is 0.936. The van der Waals surface area contributed by atoms with Gasteiger partial charge in [-0.15, -0.1) is 0 Å². The molecule has 1 aromatic carbocycles. The highest BCUT2D eigenvalue weighted by Crippen LogP contribution is 2.23. The highest BCUT2D eigenvalue weighted by atomic mass is 16.1. The Labute approximate surface area is 137 Å². The van der Waals surface area contributed by atoms with E-state index in [-0.39, 0.29) is 5.91 Å². The minimum Gasteiger partial charge on any atom is -0.370 e. The summed E-state index contributed by atoms with van der Waals surface area (Å²) in [6, 6.07) is 11.4. The maximum absolute atomic E-state index is 12.2. The lowest BCUT2D eigenvalue weighted by molar-refractivity contribution is 0.102. The van der Waals surface area contributed by atoms with Crippen LogP contribution in [0.1, 0.15) is 35.7 Å². The summed E-state index contributed by atoms with van der Waals surface area (Å²) < 4.78 is 0. The van der Waals surface area contributed by atoms with Crippen LogP contribution in [0.15, 0.2) is 42.6 Å². The Morgan fingerprint density at radius 2 is 2.00 bits per heavy atom. The van der Waals surface area contributed by atoms with Gasteiger partial charge in [-0.3, -0.25) is 4.79 Å². The molecule has 1 saturated heterocycles. The van der Waals surface area contributed by atoms with E-state index in [0.717, 1.165) is 30.3 Å². The number of hydrogen-bond donors (Lipinski definition) is 1. The van der Waals surface area contributed by atoms with E-state index in [4.69, 9.17) is 0 Å². The zero-order valence-electron chi connectivity index (χ0n) is 13.7. The molecule has 1 fully saturated rings. The molecule has 1 atom stereocenters. The number of benzene rings is 1. The summed E-state index contributed by atoms with van der Waals surface area (Å²) >= 11 is 0. The number of nitrogens with zero attached hydrogens (tertiary/aromatic N) is 2. The summed E-state index contributed by atoms with van der Waals surface area (Å²) in [6.07, 6.45) is 4.38. The van der Waals surface area contributed by atoms with Gasteiger partial charge in [0.05, 0.1) is 11.9 Å². The zero-order valence-corrected chi connectivity index (χ0v) is 13.7. The van der Waals surface area contributed by atoms with Gasteiger partial charge in [-0.05, 0) is 49.9 Å². The van der Waals surface area contributed by atoms with E-state index in [1.807, 2.05) is 49.5 Å². The van der Waals surface area contributed by atoms with Crippen molar-refractivity contribution in [2.24, 2.45) is 5.92 Å². The number of hydrogen-bond acceptors (Lipinski definition) is 3. The SMILES string of the molecule is Cc1ccc(C(=O)Nc2ccc(N3CCCC(C)C3)cn2)cc1. The fourth-order valence-corrected chi connectivity index (χ4v) is 2.96. The first kappa shape index (κ1) is 15.5. The molecule has 23 heavy (non-hydrogen) atoms. The molecule has 120 valence electrons. The summed E-state index contributed by atoms with van der Waals surface area (Å²) in [7, 11) is 0. The molecule has 1 aromatic heterocycles. The number of rotatable bonds is 3. The number of piperidine rings is 1. The molecule has 3 rings (SSSR count). The number of pyridine rings is 1. The Bertz CT molecular complexity index is 664. The van der Waals surface area contributed by atoms with Crippen LogP contribution in [-0.2, 0) is 0 Å². The Balaban J connectivity index is 1.65. The van der Waals surface area contributed by atoms with E-state index in [1.165, 1.54) is 12.8 Å². The second kappa shape index (κ2) is 6.82. The topological polar surface area (TPSA) is 45.2 Å². The van der Waals surface area contributed by atoms with Crippen molar-refractivity contribution in [2.45, 2.75) is 26.7 Å². The van der Waals surface area contributed by atoms with Crippen LogP contribution in [0.4, 0.5) is 11.5 Å². The van der Waals surface area contributed by atoms with E-state index in [1.54, 1.807) is 0 Å². The predicted octanol–water partition coefficient (Wildman–Crippen LogP) is 3.88. The van der Waals surface area contributed by atoms with Crippen molar-refractivity contribution in [3.63, 3.8) is 0 Å². The molecule has 4 nitrogen and oxygen atoms in total. The lowest BCUT2D eigenvalue weighted by Crippen LogP contribution is -2.34. The van der Waals surface area contributed by atoms with E-state index >= 15 is 0 Å². The molecular weight excluding hydrogens is 286 g/mol. The van der Waals surface area contributed by atoms with Gasteiger partial charge in [0.1, 0.15) is 5.82 Å². The lowest BCUT2D eigenvalue weighted by atomic mass is 10.00. The molecule has 1 aliphatic heterocycles. The van der Waals surface area contributed by atoms with Gasteiger partial charge in [-0.1, -0.05) is 24.6 Å². The summed E-state index contributed by atoms with van der Waals surface area (Å²) in [5, 5.41) is 2.85. The first-order chi connectivity index (χ1) is 11.1. The van der Waals surface area contributed by atoms with Crippen molar-refractivity contribution in [2.75, 3.05) is 23.3 Å². The molecule has 0 bridgehead atoms. The van der Waals surface area contributed by atoms with Crippen molar-refractivity contribution in [3.8, 4) is 0 Å². The van der Waals surface area contributed by atoms with E-state index < -0.39 is 0 Å². The number of aryl methyl sites for hydroxylation is 1. The summed E-state index contributed by atoms with van der Waals surface area (Å²) in [4.78, 5) is 18.9. The van der Waals surface area contributed by atoms with Crippen LogP contribution in [0.2, 0.25) is 0 Å². The van der Waals surface area contributed by atoms with Crippen molar-refractivity contribution in [1.82, 2.24) is 4.98 Å². The molecule has 2 aromatic rings. The summed E-state index contributed by atoms with van der Waals surface area (Å²) in [5.74, 6) is 1.19. The van der Waals surface area contributed by atoms with Crippen molar-refractivity contribution in [1.29, 1.82) is 0 Å². The molecule has 0 aliphatic carbocycles. The number of amides is 1. The standard InChI is InChI=1S/C19H23N3O/c1-14-5-7-16(8-6-14)19(23)21-18-10-9-17(12-20-18)22-11-3-4-15(2)13-22/h5-10,12,15H,3-4,11,13H2,1-2H3,(H,20,21,23). The monoisotopic (exact) mass is 309 g/mol. The first-order valence-corrected chi connectivity index (χ1v) is 8.21. The first-order valence-electron chi connectivity index (χ1n) is 8.21. The molecule has 1 unspecified atom stereocenters. The van der Waals surface area contributed by atoms with Crippen molar-refractivity contribution >= 4 is 17.4 Å². The minimum atomic E-state index is -0.128. The van der Waals surface area contributed by atoms with Gasteiger partial charge in [-0.2, -0.15) is 0 Å². The third-order valence-electron chi connectivity index (χ3n) is 4.33. The van der Waals surface area contributed by atoms with Crippen LogP contribution in [-0.4, -0.2) is 24.0 Å². The normalized spacial score (nSPS) is 17.8. The number of carbonyl (C=O) groups excluding carboxylic acids is 1. The van der Waals surface area contributed by atoms with Crippen LogP contribution in [0.25, 0.3) is 0 Å². The Kier molecular flexibility index (Phi) is 4.60. The molecule has 0 saturated carbocycles. The average molecular weight is 309 g/mol. The molecule has 0 radical (unpaired) electrons. The smallest absolute Gasteiger partial charge is 0.256 e. The molecule has 1 amide bonds. The van der Waals surface area contributed by atoms with Gasteiger partial charge in [0.25, 0.3) is 5.91 Å². The summed E-state index contributed by atoms with van der Waals surface area (Å²) in [5.41, 5.74) is 2.91. The number of anilines is 2. The fraction of sp³-hybridized carbons (Fsp3) is 0.368. The van der Waals surface area contributed by atoms with E-state index in [9.17, 15) is 4.79 Å². The fourth-order valence-electron chi connectivity index (χ4n) is 2.96. The zero-order chi connectivity index (χ0) is 16.2. The molecule has 1 N–H and O–H groups in total. The van der Waals surface area contributed by atoms with Gasteiger partial charge in [0, 0.05) is 18.7 Å². The van der Waals surface area contributed by atoms with Crippen LogP contribution >= 0.6 is 0 Å². The average Bonchev–Trinajstić information content (AvgIpc) is 2.56. The van der Waals surface area contributed by atoms with Crippen molar-refractivity contribution < 1.29 is 4.79 Å². The highest BCUT2D eigenvalue weighted by molar-refractivity contribution is 6.03. The second-order valence-electron chi connectivity index (χ2n) is 6.42. The molecule has 0 spiro atoms. The Morgan fingerprint density at radius 1 is 1.22 bits per heavy atom. The van der Waals surface area contributed by atoms with E-state index in [0.29, 0.717) is 11.4 Å². The molecule has 1 aliphatic rings. The number of carbonyl (C=O) groups is 1. The van der Waals surface area contributed by atoms with Gasteiger partial charge < -0.3 is 10.2 Å². The number of nitrogens with one attached hydrogen (secondary N) is 1. The van der Waals surface area contributed by atoms with Gasteiger partial charge in [-0.25, -0.2) is 4.98 Å². The van der Waals surface area contributed by atoms with Crippen LogP contribution in [0.3, 0.4) is 0 Å². The second-order valence-corrected chi connectivity index (χ2v) is 6.42. The Morgan fingerprint density at radius 3 is 2.65 bits per heavy atom. The Hall–Kier alpha value is -2.36. The summed E-state index contributed by atoms with van der Waals surface area (Å²) in [6.45, 7) is 6.46. The van der Waals surface area contributed by atoms with Gasteiger partial charge in [0.15, 0.2) is 0 Å².